The largest absolute Gasteiger partial charge is 0.497 e. The Bertz CT molecular complexity index is 707. The average molecular weight is 365 g/mol. The number of benzene rings is 2. The number of aryl methyl sites for hydroxylation is 1. The highest BCUT2D eigenvalue weighted by molar-refractivity contribution is 8.00. The van der Waals surface area contributed by atoms with Crippen molar-refractivity contribution < 1.29 is 18.3 Å². The van der Waals surface area contributed by atoms with Gasteiger partial charge in [-0.05, 0) is 61.7 Å². The molecule has 2 aromatic carbocycles. The van der Waals surface area contributed by atoms with Crippen molar-refractivity contribution in [2.75, 3.05) is 12.9 Å². The molecule has 2 aromatic rings. The van der Waals surface area contributed by atoms with E-state index in [2.05, 4.69) is 5.32 Å². The minimum absolute atomic E-state index is 0.0444. The lowest BCUT2D eigenvalue weighted by molar-refractivity contribution is -0.119. The number of nitrogens with one attached hydrogen (secondary N) is 1. The quantitative estimate of drug-likeness (QED) is 0.713. The van der Waals surface area contributed by atoms with Crippen LogP contribution in [0.15, 0.2) is 47.4 Å². The number of halogens is 2. The van der Waals surface area contributed by atoms with Gasteiger partial charge in [-0.15, -0.1) is 11.8 Å². The van der Waals surface area contributed by atoms with Crippen molar-refractivity contribution in [3.63, 3.8) is 0 Å². The van der Waals surface area contributed by atoms with Gasteiger partial charge in [-0.2, -0.15) is 0 Å². The maximum absolute atomic E-state index is 13.2. The molecule has 3 nitrogen and oxygen atoms in total. The van der Waals surface area contributed by atoms with E-state index in [9.17, 15) is 13.6 Å². The Hall–Kier alpha value is -2.08. The topological polar surface area (TPSA) is 38.3 Å². The number of hydrogen-bond acceptors (Lipinski definition) is 3. The van der Waals surface area contributed by atoms with E-state index in [1.807, 2.05) is 31.2 Å². The van der Waals surface area contributed by atoms with E-state index in [-0.39, 0.29) is 11.9 Å². The first-order valence-corrected chi connectivity index (χ1v) is 8.96. The lowest BCUT2D eigenvalue weighted by Gasteiger charge is -2.14. The van der Waals surface area contributed by atoms with Crippen LogP contribution in [0.5, 0.6) is 5.75 Å². The highest BCUT2D eigenvalue weighted by Gasteiger charge is 2.09. The number of methoxy groups -OCH3 is 1. The maximum atomic E-state index is 13.2. The third-order valence-electron chi connectivity index (χ3n) is 3.69. The normalized spacial score (nSPS) is 11.8. The van der Waals surface area contributed by atoms with Crippen LogP contribution < -0.4 is 10.1 Å². The number of rotatable bonds is 8. The Kier molecular flexibility index (Phi) is 7.25. The van der Waals surface area contributed by atoms with Gasteiger partial charge in [-0.25, -0.2) is 8.78 Å². The van der Waals surface area contributed by atoms with Crippen LogP contribution in [-0.4, -0.2) is 24.8 Å². The fraction of sp³-hybridized carbons (Fsp3) is 0.316. The van der Waals surface area contributed by atoms with Crippen LogP contribution in [0.1, 0.15) is 18.9 Å². The van der Waals surface area contributed by atoms with E-state index in [1.54, 1.807) is 13.2 Å². The average Bonchev–Trinajstić information content (AvgIpc) is 2.61. The molecule has 0 heterocycles. The summed E-state index contributed by atoms with van der Waals surface area (Å²) in [5.74, 6) is -0.647. The van der Waals surface area contributed by atoms with Gasteiger partial charge < -0.3 is 10.1 Å². The second-order valence-electron chi connectivity index (χ2n) is 5.72. The van der Waals surface area contributed by atoms with Crippen molar-refractivity contribution in [1.29, 1.82) is 0 Å². The van der Waals surface area contributed by atoms with Crippen LogP contribution in [0.3, 0.4) is 0 Å². The SMILES string of the molecule is COc1ccc(SCC(=O)NC(C)CCc2ccc(F)c(F)c2)cc1. The molecule has 1 unspecified atom stereocenters. The van der Waals surface area contributed by atoms with Gasteiger partial charge in [0.15, 0.2) is 11.6 Å². The molecule has 0 aliphatic carbocycles. The van der Waals surface area contributed by atoms with Crippen molar-refractivity contribution in [3.05, 3.63) is 59.7 Å². The van der Waals surface area contributed by atoms with Gasteiger partial charge >= 0.3 is 0 Å². The summed E-state index contributed by atoms with van der Waals surface area (Å²) < 4.78 is 31.2. The smallest absolute Gasteiger partial charge is 0.230 e. The number of ether oxygens (including phenoxy) is 1. The van der Waals surface area contributed by atoms with Crippen LogP contribution in [0, 0.1) is 11.6 Å². The monoisotopic (exact) mass is 365 g/mol. The second-order valence-corrected chi connectivity index (χ2v) is 6.77. The molecule has 0 fully saturated rings. The Morgan fingerprint density at radius 1 is 1.16 bits per heavy atom. The number of carbonyl (C=O) groups is 1. The van der Waals surface area contributed by atoms with Gasteiger partial charge in [0.05, 0.1) is 12.9 Å². The number of amides is 1. The Labute approximate surface area is 150 Å². The summed E-state index contributed by atoms with van der Waals surface area (Å²) in [4.78, 5) is 13.0. The zero-order valence-corrected chi connectivity index (χ0v) is 15.0. The molecule has 6 heteroatoms. The fourth-order valence-corrected chi connectivity index (χ4v) is 3.00. The van der Waals surface area contributed by atoms with E-state index in [0.29, 0.717) is 24.2 Å². The molecule has 2 rings (SSSR count). The minimum atomic E-state index is -0.847. The molecule has 0 spiro atoms. The number of thioether (sulfide) groups is 1. The minimum Gasteiger partial charge on any atom is -0.497 e. The van der Waals surface area contributed by atoms with E-state index < -0.39 is 11.6 Å². The summed E-state index contributed by atoms with van der Waals surface area (Å²) in [6.07, 6.45) is 1.23. The summed E-state index contributed by atoms with van der Waals surface area (Å²) in [5.41, 5.74) is 0.715. The molecule has 0 bridgehead atoms. The molecule has 0 saturated carbocycles. The zero-order chi connectivity index (χ0) is 18.2. The van der Waals surface area contributed by atoms with Gasteiger partial charge in [0.25, 0.3) is 0 Å². The first-order valence-electron chi connectivity index (χ1n) is 7.98. The van der Waals surface area contributed by atoms with E-state index in [0.717, 1.165) is 16.7 Å². The van der Waals surface area contributed by atoms with Gasteiger partial charge in [0.1, 0.15) is 5.75 Å². The lowest BCUT2D eigenvalue weighted by Crippen LogP contribution is -2.34. The molecule has 1 N–H and O–H groups in total. The highest BCUT2D eigenvalue weighted by atomic mass is 32.2. The standard InChI is InChI=1S/C19H21F2NO2S/c1-13(3-4-14-5-10-17(20)18(21)11-14)22-19(23)12-25-16-8-6-15(24-2)7-9-16/h5-11,13H,3-4,12H2,1-2H3,(H,22,23). The summed E-state index contributed by atoms with van der Waals surface area (Å²) in [5, 5.41) is 2.92. The molecular formula is C19H21F2NO2S. The van der Waals surface area contributed by atoms with Crippen LogP contribution in [0.2, 0.25) is 0 Å². The van der Waals surface area contributed by atoms with Crippen LogP contribution >= 0.6 is 11.8 Å². The van der Waals surface area contributed by atoms with Crippen molar-refractivity contribution in [2.24, 2.45) is 0 Å². The van der Waals surface area contributed by atoms with Gasteiger partial charge in [0, 0.05) is 10.9 Å². The number of carbonyl (C=O) groups excluding carboxylic acids is 1. The summed E-state index contributed by atoms with van der Waals surface area (Å²) >= 11 is 1.45. The molecule has 25 heavy (non-hydrogen) atoms. The summed E-state index contributed by atoms with van der Waals surface area (Å²) in [6.45, 7) is 1.90. The van der Waals surface area contributed by atoms with E-state index in [1.165, 1.54) is 17.8 Å². The first-order chi connectivity index (χ1) is 12.0. The Balaban J connectivity index is 1.72. The van der Waals surface area contributed by atoms with Crippen molar-refractivity contribution in [2.45, 2.75) is 30.7 Å². The molecule has 0 saturated heterocycles. The highest BCUT2D eigenvalue weighted by Crippen LogP contribution is 2.21. The Morgan fingerprint density at radius 2 is 1.88 bits per heavy atom. The molecule has 0 aromatic heterocycles. The first kappa shape index (κ1) is 19.2. The van der Waals surface area contributed by atoms with Gasteiger partial charge in [0.2, 0.25) is 5.91 Å². The molecular weight excluding hydrogens is 344 g/mol. The van der Waals surface area contributed by atoms with E-state index >= 15 is 0 Å². The van der Waals surface area contributed by atoms with Crippen molar-refractivity contribution in [1.82, 2.24) is 5.32 Å². The molecule has 0 radical (unpaired) electrons. The zero-order valence-electron chi connectivity index (χ0n) is 14.2. The third-order valence-corrected chi connectivity index (χ3v) is 4.70. The molecule has 0 aliphatic heterocycles. The molecule has 0 aliphatic rings. The molecule has 134 valence electrons. The van der Waals surface area contributed by atoms with Gasteiger partial charge in [-0.1, -0.05) is 6.07 Å². The van der Waals surface area contributed by atoms with E-state index in [4.69, 9.17) is 4.74 Å². The lowest BCUT2D eigenvalue weighted by atomic mass is 10.1. The summed E-state index contributed by atoms with van der Waals surface area (Å²) in [6, 6.07) is 11.4. The van der Waals surface area contributed by atoms with Gasteiger partial charge in [-0.3, -0.25) is 4.79 Å². The Morgan fingerprint density at radius 3 is 2.52 bits per heavy atom. The van der Waals surface area contributed by atoms with Crippen molar-refractivity contribution >= 4 is 17.7 Å². The van der Waals surface area contributed by atoms with Crippen molar-refractivity contribution in [3.8, 4) is 5.75 Å². The second kappa shape index (κ2) is 9.42. The fourth-order valence-electron chi connectivity index (χ4n) is 2.29. The predicted molar refractivity (Wildman–Crippen MR) is 96.0 cm³/mol. The van der Waals surface area contributed by atoms with Crippen LogP contribution in [0.25, 0.3) is 0 Å². The third kappa shape index (κ3) is 6.38. The van der Waals surface area contributed by atoms with Crippen LogP contribution in [-0.2, 0) is 11.2 Å². The summed E-state index contributed by atoms with van der Waals surface area (Å²) in [7, 11) is 1.61. The van der Waals surface area contributed by atoms with Crippen LogP contribution in [0.4, 0.5) is 8.78 Å². The molecule has 1 atom stereocenters. The predicted octanol–water partition coefficient (Wildman–Crippen LogP) is 4.20. The maximum Gasteiger partial charge on any atom is 0.230 e. The molecule has 1 amide bonds. The number of hydrogen-bond donors (Lipinski definition) is 1.